The number of amides is 3. The zero-order valence-electron chi connectivity index (χ0n) is 20.9. The van der Waals surface area contributed by atoms with Gasteiger partial charge < -0.3 is 25.7 Å². The normalized spacial score (nSPS) is 24.9. The minimum atomic E-state index is -1.31. The molecule has 2 unspecified atom stereocenters. The zero-order chi connectivity index (χ0) is 26.4. The highest BCUT2D eigenvalue weighted by Crippen LogP contribution is 2.35. The van der Waals surface area contributed by atoms with Gasteiger partial charge in [-0.15, -0.1) is 11.3 Å². The van der Waals surface area contributed by atoms with Gasteiger partial charge in [0.05, 0.1) is 28.2 Å². The molecule has 11 heteroatoms. The molecule has 0 saturated carbocycles. The van der Waals surface area contributed by atoms with Crippen molar-refractivity contribution in [3.8, 4) is 10.4 Å². The summed E-state index contributed by atoms with van der Waals surface area (Å²) in [5.74, 6) is -0.511. The van der Waals surface area contributed by atoms with Crippen LogP contribution in [0.15, 0.2) is 34.8 Å². The number of hydrogen-bond donors (Lipinski definition) is 4. The van der Waals surface area contributed by atoms with Crippen LogP contribution in [0, 0.1) is 12.3 Å². The van der Waals surface area contributed by atoms with Gasteiger partial charge in [-0.25, -0.2) is 14.8 Å². The number of β-amino-alcohol motifs (C(OH)–C–C–N with tert-alkyl or cyclic N) is 1. The number of benzene rings is 1. The van der Waals surface area contributed by atoms with Crippen LogP contribution in [0.1, 0.15) is 45.4 Å². The van der Waals surface area contributed by atoms with E-state index >= 15 is 0 Å². The van der Waals surface area contributed by atoms with Gasteiger partial charge in [-0.3, -0.25) is 9.59 Å². The smallest absolute Gasteiger partial charge is 0.405 e. The maximum absolute atomic E-state index is 13.4. The van der Waals surface area contributed by atoms with Crippen LogP contribution in [0.3, 0.4) is 0 Å². The van der Waals surface area contributed by atoms with E-state index in [0.717, 1.165) is 16.1 Å². The summed E-state index contributed by atoms with van der Waals surface area (Å²) >= 11 is 1.55. The van der Waals surface area contributed by atoms with Gasteiger partial charge >= 0.3 is 6.09 Å². The van der Waals surface area contributed by atoms with E-state index < -0.39 is 41.1 Å². The van der Waals surface area contributed by atoms with Crippen LogP contribution < -0.4 is 10.6 Å². The van der Waals surface area contributed by atoms with Crippen LogP contribution in [0.25, 0.3) is 10.4 Å². The first-order chi connectivity index (χ1) is 16.8. The summed E-state index contributed by atoms with van der Waals surface area (Å²) in [5.41, 5.74) is 2.51. The van der Waals surface area contributed by atoms with Gasteiger partial charge in [0.25, 0.3) is 5.91 Å². The van der Waals surface area contributed by atoms with Crippen LogP contribution in [0.4, 0.5) is 4.79 Å². The fourth-order valence-electron chi connectivity index (χ4n) is 4.69. The van der Waals surface area contributed by atoms with Crippen LogP contribution in [0.5, 0.6) is 0 Å². The predicted octanol–water partition coefficient (Wildman–Crippen LogP) is 2.51. The highest BCUT2D eigenvalue weighted by molar-refractivity contribution is 7.13. The van der Waals surface area contributed by atoms with Gasteiger partial charge in [-0.1, -0.05) is 45.0 Å². The van der Waals surface area contributed by atoms with Gasteiger partial charge in [-0.05, 0) is 30.4 Å². The van der Waals surface area contributed by atoms with Crippen LogP contribution in [-0.4, -0.2) is 68.6 Å². The number of carboxylic acid groups (broad SMARTS) is 1. The molecule has 1 fully saturated rings. The Bertz CT molecular complexity index is 1220. The number of nitrogens with zero attached hydrogens (tertiary/aromatic N) is 3. The molecular weight excluding hydrogens is 482 g/mol. The van der Waals surface area contributed by atoms with Crippen molar-refractivity contribution in [2.24, 2.45) is 10.4 Å². The molecule has 1 aromatic carbocycles. The fourth-order valence-corrected chi connectivity index (χ4v) is 5.50. The molecule has 1 saturated heterocycles. The van der Waals surface area contributed by atoms with E-state index in [1.165, 1.54) is 4.90 Å². The number of carbonyl (C=O) groups is 3. The lowest BCUT2D eigenvalue weighted by Crippen LogP contribution is -2.57. The van der Waals surface area contributed by atoms with E-state index in [1.54, 1.807) is 44.5 Å². The summed E-state index contributed by atoms with van der Waals surface area (Å²) < 4.78 is 0. The Morgan fingerprint density at radius 1 is 1.28 bits per heavy atom. The SMILES string of the molecule is Cc1ncsc1-c1ccc(C2(C)N=C([C@@H]3C[C@@H](O)CN3C(=O)C(NC(=O)O)C(C)(C)C)NC2=O)cc1. The molecule has 192 valence electrons. The molecule has 2 aliphatic rings. The standard InChI is InChI=1S/C25H31N5O5S/c1-13-18(36-12-26-13)14-6-8-15(9-7-14)25(5)22(33)28-20(29-25)17-10-16(31)11-30(17)21(32)19(24(2,3)4)27-23(34)35/h6-9,12,16-17,19,27,31H,10-11H2,1-5H3,(H,34,35)(H,28,29,33)/t16-,17+,19?,25?/m1/s1. The van der Waals surface area contributed by atoms with Crippen molar-refractivity contribution in [3.63, 3.8) is 0 Å². The molecule has 0 aliphatic carbocycles. The van der Waals surface area contributed by atoms with E-state index in [0.29, 0.717) is 5.56 Å². The molecule has 0 spiro atoms. The van der Waals surface area contributed by atoms with Gasteiger partial charge in [0.15, 0.2) is 5.54 Å². The Labute approximate surface area is 213 Å². The quantitative estimate of drug-likeness (QED) is 0.484. The number of hydrogen-bond acceptors (Lipinski definition) is 7. The fraction of sp³-hybridized carbons (Fsp3) is 0.480. The maximum atomic E-state index is 13.4. The van der Waals surface area contributed by atoms with Crippen molar-refractivity contribution in [1.29, 1.82) is 0 Å². The minimum Gasteiger partial charge on any atom is -0.465 e. The third-order valence-electron chi connectivity index (χ3n) is 6.74. The molecule has 4 atom stereocenters. The van der Waals surface area contributed by atoms with Crippen molar-refractivity contribution in [2.45, 2.75) is 64.8 Å². The number of nitrogens with one attached hydrogen (secondary N) is 2. The molecule has 2 aromatic rings. The lowest BCUT2D eigenvalue weighted by molar-refractivity contribution is -0.136. The van der Waals surface area contributed by atoms with E-state index in [-0.39, 0.29) is 24.7 Å². The molecule has 0 radical (unpaired) electrons. The van der Waals surface area contributed by atoms with E-state index in [4.69, 9.17) is 4.99 Å². The van der Waals surface area contributed by atoms with Crippen molar-refractivity contribution < 1.29 is 24.6 Å². The summed E-state index contributed by atoms with van der Waals surface area (Å²) in [5, 5.41) is 24.8. The van der Waals surface area contributed by atoms with Crippen molar-refractivity contribution in [3.05, 3.63) is 41.0 Å². The monoisotopic (exact) mass is 513 g/mol. The molecule has 1 aromatic heterocycles. The van der Waals surface area contributed by atoms with Gasteiger partial charge in [0.1, 0.15) is 11.9 Å². The predicted molar refractivity (Wildman–Crippen MR) is 136 cm³/mol. The molecule has 36 heavy (non-hydrogen) atoms. The van der Waals surface area contributed by atoms with Crippen molar-refractivity contribution in [1.82, 2.24) is 20.5 Å². The molecule has 2 aliphatic heterocycles. The zero-order valence-corrected chi connectivity index (χ0v) is 21.7. The Morgan fingerprint density at radius 2 is 1.94 bits per heavy atom. The Morgan fingerprint density at radius 3 is 2.50 bits per heavy atom. The minimum absolute atomic E-state index is 0.0197. The molecule has 10 nitrogen and oxygen atoms in total. The Balaban J connectivity index is 1.63. The second-order valence-electron chi connectivity index (χ2n) is 10.5. The summed E-state index contributed by atoms with van der Waals surface area (Å²) in [4.78, 5) is 49.4. The number of aryl methyl sites for hydroxylation is 1. The molecule has 3 heterocycles. The number of aliphatic hydroxyl groups is 1. The topological polar surface area (TPSA) is 144 Å². The average molecular weight is 514 g/mol. The number of thiazole rings is 1. The number of rotatable bonds is 5. The Kier molecular flexibility index (Phi) is 6.65. The summed E-state index contributed by atoms with van der Waals surface area (Å²) in [6, 6.07) is 5.87. The summed E-state index contributed by atoms with van der Waals surface area (Å²) in [7, 11) is 0. The summed E-state index contributed by atoms with van der Waals surface area (Å²) in [6.45, 7) is 8.96. The number of aromatic nitrogens is 1. The second kappa shape index (κ2) is 9.29. The molecule has 0 bridgehead atoms. The highest BCUT2D eigenvalue weighted by Gasteiger charge is 2.48. The molecule has 4 rings (SSSR count). The average Bonchev–Trinajstić information content (AvgIpc) is 3.48. The van der Waals surface area contributed by atoms with E-state index in [9.17, 15) is 24.6 Å². The lowest BCUT2D eigenvalue weighted by atomic mass is 9.85. The first kappa shape index (κ1) is 25.8. The Hall–Kier alpha value is -3.31. The summed E-state index contributed by atoms with van der Waals surface area (Å²) in [6.07, 6.45) is -1.94. The third kappa shape index (κ3) is 4.72. The first-order valence-electron chi connectivity index (χ1n) is 11.7. The number of amidine groups is 1. The number of aliphatic hydroxyl groups excluding tert-OH is 1. The van der Waals surface area contributed by atoms with E-state index in [1.807, 2.05) is 31.2 Å². The molecule has 4 N–H and O–H groups in total. The molecular formula is C25H31N5O5S. The van der Waals surface area contributed by atoms with Gasteiger partial charge in [0.2, 0.25) is 5.91 Å². The number of carbonyl (C=O) groups excluding carboxylic acids is 2. The van der Waals surface area contributed by atoms with Crippen LogP contribution in [-0.2, 0) is 15.1 Å². The van der Waals surface area contributed by atoms with Crippen LogP contribution in [0.2, 0.25) is 0 Å². The largest absolute Gasteiger partial charge is 0.465 e. The van der Waals surface area contributed by atoms with Crippen LogP contribution >= 0.6 is 11.3 Å². The van der Waals surface area contributed by atoms with Crippen molar-refractivity contribution in [2.75, 3.05) is 6.54 Å². The lowest BCUT2D eigenvalue weighted by Gasteiger charge is -2.34. The highest BCUT2D eigenvalue weighted by atomic mass is 32.1. The van der Waals surface area contributed by atoms with Gasteiger partial charge in [0, 0.05) is 13.0 Å². The first-order valence-corrected chi connectivity index (χ1v) is 12.6. The third-order valence-corrected chi connectivity index (χ3v) is 7.72. The second-order valence-corrected chi connectivity index (χ2v) is 11.4. The number of aliphatic imine (C=N–C) groups is 1. The molecule has 3 amide bonds. The maximum Gasteiger partial charge on any atom is 0.405 e. The van der Waals surface area contributed by atoms with Crippen molar-refractivity contribution >= 4 is 35.1 Å². The number of likely N-dealkylation sites (tertiary alicyclic amines) is 1. The van der Waals surface area contributed by atoms with Gasteiger partial charge in [-0.2, -0.15) is 0 Å². The van der Waals surface area contributed by atoms with E-state index in [2.05, 4.69) is 15.6 Å².